The van der Waals surface area contributed by atoms with E-state index in [1.165, 1.54) is 12.3 Å². The minimum atomic E-state index is -1.59. The fourth-order valence-electron chi connectivity index (χ4n) is 2.85. The number of halogens is 1. The first-order chi connectivity index (χ1) is 15.5. The van der Waals surface area contributed by atoms with Crippen molar-refractivity contribution in [2.75, 3.05) is 7.11 Å². The van der Waals surface area contributed by atoms with Gasteiger partial charge in [0.15, 0.2) is 7.11 Å². The van der Waals surface area contributed by atoms with Crippen molar-refractivity contribution >= 4 is 33.6 Å². The van der Waals surface area contributed by atoms with E-state index in [9.17, 15) is 14.5 Å². The predicted molar refractivity (Wildman–Crippen MR) is 117 cm³/mol. The summed E-state index contributed by atoms with van der Waals surface area (Å²) in [6.45, 7) is -0.112. The summed E-state index contributed by atoms with van der Waals surface area (Å²) in [6.07, 6.45) is 1.37. The zero-order chi connectivity index (χ0) is 22.9. The van der Waals surface area contributed by atoms with Crippen molar-refractivity contribution in [1.82, 2.24) is 4.98 Å². The molecule has 9 heteroatoms. The molecule has 0 saturated heterocycles. The van der Waals surface area contributed by atoms with Gasteiger partial charge in [-0.2, -0.15) is 0 Å². The number of rotatable bonds is 9. The van der Waals surface area contributed by atoms with Gasteiger partial charge in [-0.3, -0.25) is 14.6 Å². The Morgan fingerprint density at radius 3 is 1.91 bits per heavy atom. The van der Waals surface area contributed by atoms with E-state index in [0.29, 0.717) is 4.47 Å². The Labute approximate surface area is 192 Å². The Balaban J connectivity index is 1.89. The van der Waals surface area contributed by atoms with Crippen LogP contribution in [-0.2, 0) is 37.1 Å². The van der Waals surface area contributed by atoms with Crippen LogP contribution in [0.5, 0.6) is 0 Å². The van der Waals surface area contributed by atoms with Crippen molar-refractivity contribution in [1.29, 1.82) is 0 Å². The summed E-state index contributed by atoms with van der Waals surface area (Å²) in [5.41, 5.74) is 1.22. The van der Waals surface area contributed by atoms with Gasteiger partial charge in [-0.1, -0.05) is 60.7 Å². The van der Waals surface area contributed by atoms with Gasteiger partial charge in [0.25, 0.3) is 4.92 Å². The quantitative estimate of drug-likeness (QED) is 0.244. The third kappa shape index (κ3) is 5.98. The lowest BCUT2D eigenvalue weighted by Gasteiger charge is -2.15. The molecule has 0 saturated carbocycles. The maximum Gasteiger partial charge on any atom is 0.340 e. The van der Waals surface area contributed by atoms with Crippen LogP contribution in [0, 0.1) is 4.91 Å². The Morgan fingerprint density at radius 2 is 1.44 bits per heavy atom. The largest absolute Gasteiger partial charge is 0.460 e. The molecule has 0 spiro atoms. The molecule has 1 aromatic heterocycles. The van der Waals surface area contributed by atoms with Gasteiger partial charge in [-0.15, -0.1) is 0 Å². The van der Waals surface area contributed by atoms with Crippen LogP contribution in [0.1, 0.15) is 22.7 Å². The lowest BCUT2D eigenvalue weighted by molar-refractivity contribution is -0.737. The van der Waals surface area contributed by atoms with Crippen LogP contribution in [-0.4, -0.2) is 29.0 Å². The van der Waals surface area contributed by atoms with E-state index in [1.54, 1.807) is 48.5 Å². The Hall–Kier alpha value is -3.59. The van der Waals surface area contributed by atoms with E-state index in [0.717, 1.165) is 18.2 Å². The minimum Gasteiger partial charge on any atom is -0.460 e. The van der Waals surface area contributed by atoms with Crippen LogP contribution >= 0.6 is 15.9 Å². The lowest BCUT2D eigenvalue weighted by atomic mass is 10.0. The van der Waals surface area contributed by atoms with Crippen LogP contribution < -0.4 is 0 Å². The fourth-order valence-corrected chi connectivity index (χ4v) is 3.17. The summed E-state index contributed by atoms with van der Waals surface area (Å²) < 4.78 is 11.2. The summed E-state index contributed by atoms with van der Waals surface area (Å²) in [6, 6.07) is 19.4. The van der Waals surface area contributed by atoms with Gasteiger partial charge in [-0.05, 0) is 27.1 Å². The second-order valence-corrected chi connectivity index (χ2v) is 7.53. The second kappa shape index (κ2) is 11.1. The Kier molecular flexibility index (Phi) is 8.04. The SMILES string of the molecule is CO[N+](=O)c1cc(Br)cnc1C(C(=O)OCc1ccccc1)C(=O)OCc1ccccc1. The molecule has 0 atom stereocenters. The van der Waals surface area contributed by atoms with Crippen LogP contribution in [0.3, 0.4) is 0 Å². The van der Waals surface area contributed by atoms with Gasteiger partial charge >= 0.3 is 17.6 Å². The molecule has 0 amide bonds. The molecule has 0 N–H and O–H groups in total. The van der Waals surface area contributed by atoms with Crippen molar-refractivity contribution in [3.63, 3.8) is 0 Å². The Bertz CT molecular complexity index is 1040. The average molecular weight is 500 g/mol. The zero-order valence-electron chi connectivity index (χ0n) is 17.1. The monoisotopic (exact) mass is 499 g/mol. The first-order valence-corrected chi connectivity index (χ1v) is 10.4. The van der Waals surface area contributed by atoms with Gasteiger partial charge in [0, 0.05) is 16.7 Å². The van der Waals surface area contributed by atoms with Crippen LogP contribution in [0.4, 0.5) is 5.69 Å². The molecular weight excluding hydrogens is 480 g/mol. The molecule has 8 nitrogen and oxygen atoms in total. The second-order valence-electron chi connectivity index (χ2n) is 6.62. The van der Waals surface area contributed by atoms with Gasteiger partial charge < -0.3 is 9.47 Å². The normalized spacial score (nSPS) is 10.5. The maximum atomic E-state index is 13.0. The summed E-state index contributed by atoms with van der Waals surface area (Å²) >= 11 is 3.22. The highest BCUT2D eigenvalue weighted by Crippen LogP contribution is 2.30. The first-order valence-electron chi connectivity index (χ1n) is 9.57. The number of carbonyl (C=O) groups excluding carboxylic acids is 2. The lowest BCUT2D eigenvalue weighted by Crippen LogP contribution is -2.28. The highest BCUT2D eigenvalue weighted by Gasteiger charge is 2.40. The minimum absolute atomic E-state index is 0.0562. The molecule has 1 heterocycles. The number of hydrogen-bond acceptors (Lipinski definition) is 7. The number of hydrogen-bond donors (Lipinski definition) is 0. The van der Waals surface area contributed by atoms with Crippen molar-refractivity contribution in [2.45, 2.75) is 19.1 Å². The summed E-state index contributed by atoms with van der Waals surface area (Å²) in [5.74, 6) is -3.38. The molecule has 0 unspecified atom stereocenters. The van der Waals surface area contributed by atoms with E-state index in [1.807, 2.05) is 12.1 Å². The maximum absolute atomic E-state index is 13.0. The molecule has 0 aliphatic rings. The summed E-state index contributed by atoms with van der Waals surface area (Å²) in [4.78, 5) is 47.2. The zero-order valence-corrected chi connectivity index (χ0v) is 18.7. The molecule has 3 rings (SSSR count). The highest BCUT2D eigenvalue weighted by atomic mass is 79.9. The molecule has 0 fully saturated rings. The molecule has 3 aromatic rings. The number of carbonyl (C=O) groups is 2. The van der Waals surface area contributed by atoms with E-state index in [2.05, 4.69) is 20.9 Å². The molecule has 32 heavy (non-hydrogen) atoms. The van der Waals surface area contributed by atoms with E-state index < -0.39 is 17.9 Å². The van der Waals surface area contributed by atoms with Crippen molar-refractivity contribution in [3.05, 3.63) is 99.1 Å². The predicted octanol–water partition coefficient (Wildman–Crippen LogP) is 4.39. The number of esters is 2. The standard InChI is InChI=1S/C23H20BrN2O6/c1-30-26(29)19-12-18(24)13-25-21(19)20(22(27)31-14-16-8-4-2-5-9-16)23(28)32-15-17-10-6-3-7-11-17/h2-13,20H,14-15H2,1H3/q+1. The molecule has 0 radical (unpaired) electrons. The van der Waals surface area contributed by atoms with Crippen molar-refractivity contribution in [2.24, 2.45) is 0 Å². The van der Waals surface area contributed by atoms with E-state index in [-0.39, 0.29) is 29.5 Å². The summed E-state index contributed by atoms with van der Waals surface area (Å²) in [7, 11) is 1.16. The fraction of sp³-hybridized carbons (Fsp3) is 0.174. The third-order valence-corrected chi connectivity index (χ3v) is 4.85. The molecule has 0 aliphatic heterocycles. The number of nitrogens with zero attached hydrogens (tertiary/aromatic N) is 2. The average Bonchev–Trinajstić information content (AvgIpc) is 2.83. The number of ether oxygens (including phenoxy) is 2. The van der Waals surface area contributed by atoms with Gasteiger partial charge in [0.2, 0.25) is 5.92 Å². The smallest absolute Gasteiger partial charge is 0.340 e. The molecule has 0 aliphatic carbocycles. The van der Waals surface area contributed by atoms with Crippen LogP contribution in [0.15, 0.2) is 77.4 Å². The molecular formula is C23H20BrN2O6+. The molecule has 0 bridgehead atoms. The van der Waals surface area contributed by atoms with Crippen LogP contribution in [0.2, 0.25) is 0 Å². The summed E-state index contributed by atoms with van der Waals surface area (Å²) in [5, 5.41) is 0. The number of aromatic nitrogens is 1. The number of pyridine rings is 1. The Morgan fingerprint density at radius 1 is 0.938 bits per heavy atom. The molecule has 164 valence electrons. The van der Waals surface area contributed by atoms with Crippen molar-refractivity contribution < 1.29 is 28.8 Å². The van der Waals surface area contributed by atoms with Crippen LogP contribution in [0.25, 0.3) is 0 Å². The first kappa shape index (κ1) is 23.1. The topological polar surface area (TPSA) is 94.8 Å². The van der Waals surface area contributed by atoms with E-state index >= 15 is 0 Å². The van der Waals surface area contributed by atoms with Crippen molar-refractivity contribution in [3.8, 4) is 0 Å². The van der Waals surface area contributed by atoms with Gasteiger partial charge in [0.1, 0.15) is 18.9 Å². The van der Waals surface area contributed by atoms with Gasteiger partial charge in [-0.25, -0.2) is 4.84 Å². The highest BCUT2D eigenvalue weighted by molar-refractivity contribution is 9.10. The van der Waals surface area contributed by atoms with Gasteiger partial charge in [0.05, 0.1) is 4.91 Å². The van der Waals surface area contributed by atoms with E-state index in [4.69, 9.17) is 14.3 Å². The third-order valence-electron chi connectivity index (χ3n) is 4.42. The number of benzene rings is 2. The molecule has 2 aromatic carbocycles.